The molecular weight excluding hydrogens is 206 g/mol. The van der Waals surface area contributed by atoms with Gasteiger partial charge in [0.15, 0.2) is 0 Å². The van der Waals surface area contributed by atoms with E-state index in [1.54, 1.807) is 0 Å². The molecule has 1 aromatic carbocycles. The lowest BCUT2D eigenvalue weighted by atomic mass is 10.2. The monoisotopic (exact) mass is 223 g/mol. The summed E-state index contributed by atoms with van der Waals surface area (Å²) in [7, 11) is 0. The van der Waals surface area contributed by atoms with Gasteiger partial charge in [0.25, 0.3) is 0 Å². The summed E-state index contributed by atoms with van der Waals surface area (Å²) < 4.78 is 5.58. The SMILES string of the molecule is SC[C@@H]1CN(Cc2ccccc2)CCO1. The van der Waals surface area contributed by atoms with Crippen LogP contribution in [0.1, 0.15) is 5.56 Å². The second kappa shape index (κ2) is 5.54. The van der Waals surface area contributed by atoms with E-state index in [9.17, 15) is 0 Å². The summed E-state index contributed by atoms with van der Waals surface area (Å²) in [6, 6.07) is 10.6. The number of morpholine rings is 1. The zero-order valence-electron chi connectivity index (χ0n) is 8.80. The van der Waals surface area contributed by atoms with E-state index in [4.69, 9.17) is 4.74 Å². The van der Waals surface area contributed by atoms with E-state index in [2.05, 4.69) is 47.9 Å². The van der Waals surface area contributed by atoms with Crippen molar-refractivity contribution in [1.29, 1.82) is 0 Å². The summed E-state index contributed by atoms with van der Waals surface area (Å²) in [5.41, 5.74) is 1.37. The first-order valence-electron chi connectivity index (χ1n) is 5.37. The molecule has 15 heavy (non-hydrogen) atoms. The Labute approximate surface area is 96.6 Å². The zero-order chi connectivity index (χ0) is 10.5. The topological polar surface area (TPSA) is 12.5 Å². The van der Waals surface area contributed by atoms with E-state index < -0.39 is 0 Å². The lowest BCUT2D eigenvalue weighted by Crippen LogP contribution is -2.42. The smallest absolute Gasteiger partial charge is 0.0790 e. The third-order valence-corrected chi connectivity index (χ3v) is 3.08. The van der Waals surface area contributed by atoms with Crippen LogP contribution in [-0.4, -0.2) is 36.5 Å². The molecule has 0 N–H and O–H groups in total. The van der Waals surface area contributed by atoms with Crippen molar-refractivity contribution in [3.63, 3.8) is 0 Å². The fraction of sp³-hybridized carbons (Fsp3) is 0.500. The van der Waals surface area contributed by atoms with Crippen molar-refractivity contribution in [2.75, 3.05) is 25.4 Å². The van der Waals surface area contributed by atoms with E-state index in [0.717, 1.165) is 32.0 Å². The highest BCUT2D eigenvalue weighted by Crippen LogP contribution is 2.10. The molecule has 1 atom stereocenters. The number of thiol groups is 1. The van der Waals surface area contributed by atoms with Crippen LogP contribution >= 0.6 is 12.6 Å². The van der Waals surface area contributed by atoms with Crippen LogP contribution in [0.5, 0.6) is 0 Å². The molecule has 2 nitrogen and oxygen atoms in total. The minimum atomic E-state index is 0.297. The van der Waals surface area contributed by atoms with Crippen LogP contribution < -0.4 is 0 Å². The quantitative estimate of drug-likeness (QED) is 0.785. The molecule has 1 aliphatic rings. The molecule has 0 aliphatic carbocycles. The molecule has 0 saturated carbocycles. The van der Waals surface area contributed by atoms with Gasteiger partial charge in [-0.15, -0.1) is 0 Å². The highest BCUT2D eigenvalue weighted by molar-refractivity contribution is 7.80. The Morgan fingerprint density at radius 1 is 1.33 bits per heavy atom. The second-order valence-electron chi connectivity index (χ2n) is 3.90. The molecule has 0 amide bonds. The molecule has 82 valence electrons. The second-order valence-corrected chi connectivity index (χ2v) is 4.26. The van der Waals surface area contributed by atoms with Crippen LogP contribution in [0.2, 0.25) is 0 Å². The average Bonchev–Trinajstić information content (AvgIpc) is 2.31. The Bertz CT molecular complexity index is 291. The Balaban J connectivity index is 1.89. The van der Waals surface area contributed by atoms with Gasteiger partial charge in [-0.3, -0.25) is 4.90 Å². The maximum absolute atomic E-state index is 5.58. The number of rotatable bonds is 3. The van der Waals surface area contributed by atoms with E-state index in [1.165, 1.54) is 5.56 Å². The molecule has 0 radical (unpaired) electrons. The van der Waals surface area contributed by atoms with Crippen LogP contribution in [0.25, 0.3) is 0 Å². The van der Waals surface area contributed by atoms with Gasteiger partial charge >= 0.3 is 0 Å². The molecule has 2 rings (SSSR count). The van der Waals surface area contributed by atoms with E-state index in [0.29, 0.717) is 6.10 Å². The van der Waals surface area contributed by atoms with Crippen molar-refractivity contribution in [2.45, 2.75) is 12.6 Å². The molecule has 1 fully saturated rings. The summed E-state index contributed by atoms with van der Waals surface area (Å²) >= 11 is 4.28. The number of hydrogen-bond donors (Lipinski definition) is 1. The number of ether oxygens (including phenoxy) is 1. The molecule has 0 aromatic heterocycles. The summed E-state index contributed by atoms with van der Waals surface area (Å²) in [5.74, 6) is 0.811. The van der Waals surface area contributed by atoms with Gasteiger partial charge in [-0.25, -0.2) is 0 Å². The van der Waals surface area contributed by atoms with Gasteiger partial charge in [0.1, 0.15) is 0 Å². The lowest BCUT2D eigenvalue weighted by Gasteiger charge is -2.32. The highest BCUT2D eigenvalue weighted by atomic mass is 32.1. The predicted octanol–water partition coefficient (Wildman–Crippen LogP) is 1.82. The number of benzene rings is 1. The van der Waals surface area contributed by atoms with Gasteiger partial charge < -0.3 is 4.74 Å². The molecular formula is C12H17NOS. The minimum absolute atomic E-state index is 0.297. The normalized spacial score (nSPS) is 22.9. The highest BCUT2D eigenvalue weighted by Gasteiger charge is 2.18. The Hall–Kier alpha value is -0.510. The Kier molecular flexibility index (Phi) is 4.06. The van der Waals surface area contributed by atoms with Crippen LogP contribution in [0, 0.1) is 0 Å². The molecule has 0 bridgehead atoms. The van der Waals surface area contributed by atoms with Crippen molar-refractivity contribution in [3.8, 4) is 0 Å². The van der Waals surface area contributed by atoms with Gasteiger partial charge in [0, 0.05) is 25.4 Å². The molecule has 1 aromatic rings. The van der Waals surface area contributed by atoms with Crippen molar-refractivity contribution >= 4 is 12.6 Å². The van der Waals surface area contributed by atoms with E-state index in [1.807, 2.05) is 0 Å². The third kappa shape index (κ3) is 3.23. The van der Waals surface area contributed by atoms with Crippen LogP contribution in [0.15, 0.2) is 30.3 Å². The van der Waals surface area contributed by atoms with Gasteiger partial charge in [-0.2, -0.15) is 12.6 Å². The lowest BCUT2D eigenvalue weighted by molar-refractivity contribution is -0.0185. The summed E-state index contributed by atoms with van der Waals surface area (Å²) in [6.45, 7) is 3.88. The van der Waals surface area contributed by atoms with Gasteiger partial charge in [-0.1, -0.05) is 30.3 Å². The molecule has 1 heterocycles. The molecule has 1 saturated heterocycles. The van der Waals surface area contributed by atoms with Crippen molar-refractivity contribution in [3.05, 3.63) is 35.9 Å². The first kappa shape index (κ1) is 11.0. The van der Waals surface area contributed by atoms with Crippen molar-refractivity contribution < 1.29 is 4.74 Å². The molecule has 0 spiro atoms. The van der Waals surface area contributed by atoms with Gasteiger partial charge in [-0.05, 0) is 5.56 Å². The minimum Gasteiger partial charge on any atom is -0.375 e. The molecule has 0 unspecified atom stereocenters. The van der Waals surface area contributed by atoms with Crippen LogP contribution in [0.3, 0.4) is 0 Å². The fourth-order valence-corrected chi connectivity index (χ4v) is 2.10. The standard InChI is InChI=1S/C12H17NOS/c15-10-12-9-13(6-7-14-12)8-11-4-2-1-3-5-11/h1-5,12,15H,6-10H2/t12-/m0/s1. The maximum atomic E-state index is 5.58. The van der Waals surface area contributed by atoms with Gasteiger partial charge in [0.05, 0.1) is 12.7 Å². The predicted molar refractivity (Wildman–Crippen MR) is 65.3 cm³/mol. The average molecular weight is 223 g/mol. The van der Waals surface area contributed by atoms with Crippen molar-refractivity contribution in [1.82, 2.24) is 4.90 Å². The first-order valence-corrected chi connectivity index (χ1v) is 6.00. The summed E-state index contributed by atoms with van der Waals surface area (Å²) in [6.07, 6.45) is 0.297. The van der Waals surface area contributed by atoms with E-state index >= 15 is 0 Å². The molecule has 3 heteroatoms. The van der Waals surface area contributed by atoms with Crippen LogP contribution in [0.4, 0.5) is 0 Å². The van der Waals surface area contributed by atoms with Crippen molar-refractivity contribution in [2.24, 2.45) is 0 Å². The number of hydrogen-bond acceptors (Lipinski definition) is 3. The van der Waals surface area contributed by atoms with Crippen LogP contribution in [-0.2, 0) is 11.3 Å². The summed E-state index contributed by atoms with van der Waals surface area (Å²) in [5, 5.41) is 0. The summed E-state index contributed by atoms with van der Waals surface area (Å²) in [4.78, 5) is 2.43. The maximum Gasteiger partial charge on any atom is 0.0790 e. The third-order valence-electron chi connectivity index (χ3n) is 2.68. The Morgan fingerprint density at radius 3 is 2.87 bits per heavy atom. The van der Waals surface area contributed by atoms with E-state index in [-0.39, 0.29) is 0 Å². The largest absolute Gasteiger partial charge is 0.375 e. The van der Waals surface area contributed by atoms with Gasteiger partial charge in [0.2, 0.25) is 0 Å². The number of nitrogens with zero attached hydrogens (tertiary/aromatic N) is 1. The molecule has 1 aliphatic heterocycles. The Morgan fingerprint density at radius 2 is 2.13 bits per heavy atom. The fourth-order valence-electron chi connectivity index (χ4n) is 1.88. The zero-order valence-corrected chi connectivity index (χ0v) is 9.70. The first-order chi connectivity index (χ1) is 7.38.